The van der Waals surface area contributed by atoms with Crippen LogP contribution in [-0.4, -0.2) is 5.78 Å². The first-order chi connectivity index (χ1) is 4.73. The van der Waals surface area contributed by atoms with Crippen molar-refractivity contribution in [1.29, 1.82) is 0 Å². The van der Waals surface area contributed by atoms with Gasteiger partial charge in [0.05, 0.1) is 0 Å². The number of Topliss-reactive ketones (excluding diaryl/α,β-unsaturated/α-hetero) is 1. The SMILES string of the molecule is CC12CC1C1C=CC2C1=O. The lowest BCUT2D eigenvalue weighted by molar-refractivity contribution is -0.122. The van der Waals surface area contributed by atoms with Crippen molar-refractivity contribution >= 4 is 5.78 Å². The highest BCUT2D eigenvalue weighted by molar-refractivity contribution is 5.94. The molecule has 52 valence electrons. The molecule has 3 rings (SSSR count). The van der Waals surface area contributed by atoms with E-state index in [9.17, 15) is 4.79 Å². The average molecular weight is 134 g/mol. The molecule has 0 N–H and O–H groups in total. The summed E-state index contributed by atoms with van der Waals surface area (Å²) in [6.45, 7) is 2.25. The highest BCUT2D eigenvalue weighted by Gasteiger charge is 2.68. The summed E-state index contributed by atoms with van der Waals surface area (Å²) >= 11 is 0. The molecule has 2 fully saturated rings. The van der Waals surface area contributed by atoms with E-state index in [0.717, 1.165) is 5.92 Å². The minimum atomic E-state index is 0.308. The molecule has 4 unspecified atom stereocenters. The van der Waals surface area contributed by atoms with E-state index in [1.165, 1.54) is 6.42 Å². The number of carbonyl (C=O) groups excluding carboxylic acids is 1. The lowest BCUT2D eigenvalue weighted by Gasteiger charge is -2.10. The first-order valence-corrected chi connectivity index (χ1v) is 3.95. The van der Waals surface area contributed by atoms with Crippen LogP contribution in [0.25, 0.3) is 0 Å². The lowest BCUT2D eigenvalue weighted by atomic mass is 9.93. The van der Waals surface area contributed by atoms with Gasteiger partial charge in [0, 0.05) is 11.8 Å². The number of hydrogen-bond donors (Lipinski definition) is 0. The van der Waals surface area contributed by atoms with Gasteiger partial charge in [0.25, 0.3) is 0 Å². The van der Waals surface area contributed by atoms with Crippen molar-refractivity contribution < 1.29 is 4.79 Å². The van der Waals surface area contributed by atoms with Crippen molar-refractivity contribution in [3.8, 4) is 0 Å². The summed E-state index contributed by atoms with van der Waals surface area (Å²) in [5.74, 6) is 1.87. The van der Waals surface area contributed by atoms with Gasteiger partial charge in [-0.2, -0.15) is 0 Å². The molecule has 0 aromatic carbocycles. The zero-order chi connectivity index (χ0) is 6.93. The monoisotopic (exact) mass is 134 g/mol. The van der Waals surface area contributed by atoms with Crippen molar-refractivity contribution in [2.24, 2.45) is 23.2 Å². The Balaban J connectivity index is 2.18. The first kappa shape index (κ1) is 5.11. The van der Waals surface area contributed by atoms with E-state index in [1.807, 2.05) is 0 Å². The second-order valence-corrected chi connectivity index (χ2v) is 4.11. The van der Waals surface area contributed by atoms with Gasteiger partial charge >= 0.3 is 0 Å². The van der Waals surface area contributed by atoms with Crippen LogP contribution in [0.2, 0.25) is 0 Å². The molecule has 1 nitrogen and oxygen atoms in total. The number of ketones is 1. The molecule has 10 heavy (non-hydrogen) atoms. The Morgan fingerprint density at radius 2 is 2.40 bits per heavy atom. The largest absolute Gasteiger partial charge is 0.298 e. The molecule has 0 radical (unpaired) electrons. The third kappa shape index (κ3) is 0.309. The molecule has 0 aliphatic heterocycles. The van der Waals surface area contributed by atoms with Crippen LogP contribution in [0, 0.1) is 23.2 Å². The molecule has 0 aromatic rings. The fraction of sp³-hybridized carbons (Fsp3) is 0.667. The van der Waals surface area contributed by atoms with Gasteiger partial charge in [0.2, 0.25) is 0 Å². The van der Waals surface area contributed by atoms with Gasteiger partial charge in [-0.3, -0.25) is 4.79 Å². The second kappa shape index (κ2) is 1.11. The van der Waals surface area contributed by atoms with Gasteiger partial charge in [-0.25, -0.2) is 0 Å². The topological polar surface area (TPSA) is 17.1 Å². The van der Waals surface area contributed by atoms with Gasteiger partial charge in [-0.05, 0) is 17.8 Å². The van der Waals surface area contributed by atoms with E-state index in [1.54, 1.807) is 0 Å². The summed E-state index contributed by atoms with van der Waals surface area (Å²) in [5, 5.41) is 0. The molecule has 0 spiro atoms. The molecule has 2 bridgehead atoms. The van der Waals surface area contributed by atoms with Crippen LogP contribution in [0.15, 0.2) is 12.2 Å². The normalized spacial score (nSPS) is 61.3. The van der Waals surface area contributed by atoms with Gasteiger partial charge < -0.3 is 0 Å². The maximum Gasteiger partial charge on any atom is 0.147 e. The van der Waals surface area contributed by atoms with E-state index in [-0.39, 0.29) is 0 Å². The van der Waals surface area contributed by atoms with Crippen LogP contribution >= 0.6 is 0 Å². The zero-order valence-corrected chi connectivity index (χ0v) is 6.00. The summed E-state index contributed by atoms with van der Waals surface area (Å²) in [5.41, 5.74) is 0.413. The number of rotatable bonds is 0. The molecule has 3 aliphatic rings. The predicted octanol–water partition coefficient (Wildman–Crippen LogP) is 1.40. The Morgan fingerprint density at radius 1 is 1.60 bits per heavy atom. The van der Waals surface area contributed by atoms with E-state index in [4.69, 9.17) is 0 Å². The highest BCUT2D eigenvalue weighted by atomic mass is 16.1. The predicted molar refractivity (Wildman–Crippen MR) is 37.3 cm³/mol. The van der Waals surface area contributed by atoms with Gasteiger partial charge in [-0.15, -0.1) is 0 Å². The summed E-state index contributed by atoms with van der Waals surface area (Å²) in [7, 11) is 0. The summed E-state index contributed by atoms with van der Waals surface area (Å²) < 4.78 is 0. The average Bonchev–Trinajstić information content (AvgIpc) is 2.39. The maximum atomic E-state index is 11.4. The Bertz CT molecular complexity index is 253. The molecule has 3 aliphatic carbocycles. The van der Waals surface area contributed by atoms with Gasteiger partial charge in [0.15, 0.2) is 0 Å². The second-order valence-electron chi connectivity index (χ2n) is 4.11. The minimum absolute atomic E-state index is 0.308. The first-order valence-electron chi connectivity index (χ1n) is 3.95. The van der Waals surface area contributed by atoms with Crippen molar-refractivity contribution in [2.45, 2.75) is 13.3 Å². The van der Waals surface area contributed by atoms with Crippen LogP contribution in [0.4, 0.5) is 0 Å². The van der Waals surface area contributed by atoms with Crippen molar-refractivity contribution in [3.05, 3.63) is 12.2 Å². The van der Waals surface area contributed by atoms with Crippen molar-refractivity contribution in [1.82, 2.24) is 0 Å². The van der Waals surface area contributed by atoms with E-state index < -0.39 is 0 Å². The number of hydrogen-bond acceptors (Lipinski definition) is 1. The lowest BCUT2D eigenvalue weighted by Crippen LogP contribution is -2.13. The molecule has 1 heteroatoms. The fourth-order valence-electron chi connectivity index (χ4n) is 2.81. The molecule has 4 atom stereocenters. The molecule has 2 saturated carbocycles. The van der Waals surface area contributed by atoms with Gasteiger partial charge in [0.1, 0.15) is 5.78 Å². The minimum Gasteiger partial charge on any atom is -0.298 e. The summed E-state index contributed by atoms with van der Waals surface area (Å²) in [6.07, 6.45) is 5.53. The van der Waals surface area contributed by atoms with Crippen LogP contribution < -0.4 is 0 Å². The quantitative estimate of drug-likeness (QED) is 0.458. The van der Waals surface area contributed by atoms with E-state index in [2.05, 4.69) is 19.1 Å². The number of allylic oxidation sites excluding steroid dienone is 2. The maximum absolute atomic E-state index is 11.4. The zero-order valence-electron chi connectivity index (χ0n) is 6.00. The molecule has 0 amide bonds. The van der Waals surface area contributed by atoms with Crippen LogP contribution in [0.3, 0.4) is 0 Å². The van der Waals surface area contributed by atoms with E-state index >= 15 is 0 Å². The Hall–Kier alpha value is -0.590. The Kier molecular flexibility index (Phi) is 0.567. The molecular formula is C9H10O. The van der Waals surface area contributed by atoms with E-state index in [0.29, 0.717) is 23.0 Å². The molecular weight excluding hydrogens is 124 g/mol. The Labute approximate surface area is 60.1 Å². The number of fused-ring (bicyclic) bond motifs is 5. The Morgan fingerprint density at radius 3 is 2.80 bits per heavy atom. The van der Waals surface area contributed by atoms with Crippen molar-refractivity contribution in [3.63, 3.8) is 0 Å². The van der Waals surface area contributed by atoms with Crippen molar-refractivity contribution in [2.75, 3.05) is 0 Å². The summed E-state index contributed by atoms with van der Waals surface area (Å²) in [6, 6.07) is 0. The summed E-state index contributed by atoms with van der Waals surface area (Å²) in [4.78, 5) is 11.4. The van der Waals surface area contributed by atoms with Crippen LogP contribution in [0.5, 0.6) is 0 Å². The third-order valence-electron chi connectivity index (χ3n) is 3.64. The van der Waals surface area contributed by atoms with Gasteiger partial charge in [-0.1, -0.05) is 19.1 Å². The number of carbonyl (C=O) groups is 1. The van der Waals surface area contributed by atoms with Crippen LogP contribution in [0.1, 0.15) is 13.3 Å². The van der Waals surface area contributed by atoms with Crippen LogP contribution in [-0.2, 0) is 4.79 Å². The standard InChI is InChI=1S/C9H10O/c1-9-4-7(9)5-2-3-6(9)8(5)10/h2-3,5-7H,4H2,1H3. The third-order valence-corrected chi connectivity index (χ3v) is 3.64. The highest BCUT2D eigenvalue weighted by Crippen LogP contribution is 2.70. The molecule has 0 heterocycles. The molecule has 0 aromatic heterocycles. The fourth-order valence-corrected chi connectivity index (χ4v) is 2.81. The smallest absolute Gasteiger partial charge is 0.147 e. The molecule has 0 saturated heterocycles.